The summed E-state index contributed by atoms with van der Waals surface area (Å²) in [6, 6.07) is 2.48. The molecular formula is C14H22N2O2S. The van der Waals surface area contributed by atoms with Gasteiger partial charge in [-0.05, 0) is 44.1 Å². The van der Waals surface area contributed by atoms with Crippen LogP contribution >= 0.6 is 11.3 Å². The molecule has 1 aliphatic carbocycles. The molecule has 0 atom stereocenters. The van der Waals surface area contributed by atoms with Crippen LogP contribution in [0, 0.1) is 0 Å². The maximum Gasteiger partial charge on any atom is 0.267 e. The van der Waals surface area contributed by atoms with E-state index in [9.17, 15) is 4.79 Å². The van der Waals surface area contributed by atoms with E-state index in [0.717, 1.165) is 32.2 Å². The van der Waals surface area contributed by atoms with Gasteiger partial charge >= 0.3 is 0 Å². The lowest BCUT2D eigenvalue weighted by atomic mass is 9.90. The summed E-state index contributed by atoms with van der Waals surface area (Å²) in [6.45, 7) is 2.77. The van der Waals surface area contributed by atoms with Gasteiger partial charge in [-0.25, -0.2) is 0 Å². The van der Waals surface area contributed by atoms with E-state index in [0.29, 0.717) is 22.7 Å². The second kappa shape index (κ2) is 6.39. The second-order valence-corrected chi connectivity index (χ2v) is 5.89. The molecule has 0 radical (unpaired) electrons. The zero-order valence-corrected chi connectivity index (χ0v) is 12.4. The maximum absolute atomic E-state index is 12.6. The maximum atomic E-state index is 12.6. The summed E-state index contributed by atoms with van der Waals surface area (Å²) in [5, 5.41) is 1.90. The van der Waals surface area contributed by atoms with Gasteiger partial charge in [0.1, 0.15) is 10.6 Å². The van der Waals surface area contributed by atoms with Crippen LogP contribution in [0.5, 0.6) is 5.75 Å². The Morgan fingerprint density at radius 2 is 2.16 bits per heavy atom. The summed E-state index contributed by atoms with van der Waals surface area (Å²) < 4.78 is 5.25. The van der Waals surface area contributed by atoms with Crippen molar-refractivity contribution in [3.63, 3.8) is 0 Å². The molecule has 0 saturated heterocycles. The predicted octanol–water partition coefficient (Wildman–Crippen LogP) is 2.49. The van der Waals surface area contributed by atoms with Crippen LogP contribution in [-0.2, 0) is 0 Å². The molecule has 1 heterocycles. The Bertz CT molecular complexity index is 425. The zero-order chi connectivity index (χ0) is 13.8. The number of carbonyl (C=O) groups is 1. The smallest absolute Gasteiger partial charge is 0.267 e. The monoisotopic (exact) mass is 282 g/mol. The van der Waals surface area contributed by atoms with E-state index in [2.05, 4.69) is 0 Å². The number of thiophene rings is 1. The highest BCUT2D eigenvalue weighted by Crippen LogP contribution is 2.29. The van der Waals surface area contributed by atoms with Gasteiger partial charge < -0.3 is 15.4 Å². The van der Waals surface area contributed by atoms with E-state index in [4.69, 9.17) is 10.5 Å². The lowest BCUT2D eigenvalue weighted by Gasteiger charge is -2.35. The van der Waals surface area contributed by atoms with Gasteiger partial charge in [0.25, 0.3) is 5.91 Å². The predicted molar refractivity (Wildman–Crippen MR) is 77.8 cm³/mol. The lowest BCUT2D eigenvalue weighted by molar-refractivity contribution is 0.0642. The van der Waals surface area contributed by atoms with Crippen molar-refractivity contribution in [1.82, 2.24) is 4.90 Å². The van der Waals surface area contributed by atoms with Crippen LogP contribution in [0.3, 0.4) is 0 Å². The normalized spacial score (nSPS) is 23.1. The van der Waals surface area contributed by atoms with Crippen LogP contribution in [0.2, 0.25) is 0 Å². The number of carbonyl (C=O) groups excluding carboxylic acids is 1. The highest BCUT2D eigenvalue weighted by Gasteiger charge is 2.29. The first-order chi connectivity index (χ1) is 9.17. The highest BCUT2D eigenvalue weighted by molar-refractivity contribution is 7.12. The van der Waals surface area contributed by atoms with Crippen molar-refractivity contribution in [3.8, 4) is 5.75 Å². The number of ether oxygens (including phenoxy) is 1. The number of hydrogen-bond acceptors (Lipinski definition) is 4. The molecule has 0 spiro atoms. The van der Waals surface area contributed by atoms with Gasteiger partial charge in [0.15, 0.2) is 0 Å². The molecule has 5 heteroatoms. The molecule has 1 fully saturated rings. The minimum atomic E-state index is 0.0924. The fourth-order valence-corrected chi connectivity index (χ4v) is 3.54. The minimum absolute atomic E-state index is 0.0924. The van der Waals surface area contributed by atoms with Gasteiger partial charge in [0, 0.05) is 18.6 Å². The lowest BCUT2D eigenvalue weighted by Crippen LogP contribution is -2.44. The summed E-state index contributed by atoms with van der Waals surface area (Å²) in [7, 11) is 1.61. The van der Waals surface area contributed by atoms with Crippen molar-refractivity contribution in [2.24, 2.45) is 5.73 Å². The third kappa shape index (κ3) is 3.09. The Hall–Kier alpha value is -1.07. The largest absolute Gasteiger partial charge is 0.495 e. The average molecular weight is 282 g/mol. The highest BCUT2D eigenvalue weighted by atomic mass is 32.1. The van der Waals surface area contributed by atoms with Crippen molar-refractivity contribution >= 4 is 17.2 Å². The molecule has 1 saturated carbocycles. The first-order valence-electron chi connectivity index (χ1n) is 6.85. The quantitative estimate of drug-likeness (QED) is 0.923. The number of nitrogens with two attached hydrogens (primary N) is 1. The molecular weight excluding hydrogens is 260 g/mol. The van der Waals surface area contributed by atoms with E-state index < -0.39 is 0 Å². The number of nitrogens with zero attached hydrogens (tertiary/aromatic N) is 1. The molecule has 1 aromatic heterocycles. The first-order valence-corrected chi connectivity index (χ1v) is 7.73. The Labute approximate surface area is 118 Å². The van der Waals surface area contributed by atoms with Gasteiger partial charge in [0.05, 0.1) is 7.11 Å². The fraction of sp³-hybridized carbons (Fsp3) is 0.643. The molecule has 19 heavy (non-hydrogen) atoms. The molecule has 0 bridgehead atoms. The summed E-state index contributed by atoms with van der Waals surface area (Å²) in [5.41, 5.74) is 5.93. The molecule has 0 aromatic carbocycles. The molecule has 0 aliphatic heterocycles. The number of hydrogen-bond donors (Lipinski definition) is 1. The van der Waals surface area contributed by atoms with Gasteiger partial charge in [-0.2, -0.15) is 0 Å². The van der Waals surface area contributed by atoms with E-state index in [-0.39, 0.29) is 5.91 Å². The molecule has 1 aliphatic rings. The van der Waals surface area contributed by atoms with Crippen molar-refractivity contribution in [2.75, 3.05) is 13.7 Å². The average Bonchev–Trinajstić information content (AvgIpc) is 2.90. The molecule has 0 unspecified atom stereocenters. The van der Waals surface area contributed by atoms with Gasteiger partial charge in [-0.1, -0.05) is 0 Å². The van der Waals surface area contributed by atoms with Crippen LogP contribution < -0.4 is 10.5 Å². The standard InChI is InChI=1S/C14H22N2O2S/c1-3-16(11-6-4-10(15)5-7-11)14(17)13-12(18-2)8-9-19-13/h8-11H,3-7,15H2,1-2H3. The Morgan fingerprint density at radius 3 is 2.74 bits per heavy atom. The number of rotatable bonds is 4. The van der Waals surface area contributed by atoms with Crippen molar-refractivity contribution < 1.29 is 9.53 Å². The van der Waals surface area contributed by atoms with Crippen LogP contribution in [-0.4, -0.2) is 36.5 Å². The van der Waals surface area contributed by atoms with E-state index in [1.165, 1.54) is 11.3 Å². The Kier molecular flexibility index (Phi) is 4.82. The van der Waals surface area contributed by atoms with Crippen LogP contribution in [0.25, 0.3) is 0 Å². The molecule has 1 amide bonds. The second-order valence-electron chi connectivity index (χ2n) is 4.98. The van der Waals surface area contributed by atoms with E-state index in [1.54, 1.807) is 7.11 Å². The Morgan fingerprint density at radius 1 is 1.47 bits per heavy atom. The van der Waals surface area contributed by atoms with Gasteiger partial charge in [-0.15, -0.1) is 11.3 Å². The topological polar surface area (TPSA) is 55.6 Å². The zero-order valence-electron chi connectivity index (χ0n) is 11.6. The summed E-state index contributed by atoms with van der Waals surface area (Å²) >= 11 is 1.45. The summed E-state index contributed by atoms with van der Waals surface area (Å²) in [4.78, 5) is 15.3. The SMILES string of the molecule is CCN(C(=O)c1sccc1OC)C1CCC(N)CC1. The van der Waals surface area contributed by atoms with Gasteiger partial charge in [-0.3, -0.25) is 4.79 Å². The molecule has 1 aromatic rings. The molecule has 4 nitrogen and oxygen atoms in total. The van der Waals surface area contributed by atoms with Gasteiger partial charge in [0.2, 0.25) is 0 Å². The van der Waals surface area contributed by atoms with E-state index in [1.807, 2.05) is 23.3 Å². The van der Waals surface area contributed by atoms with Crippen molar-refractivity contribution in [2.45, 2.75) is 44.7 Å². The summed E-state index contributed by atoms with van der Waals surface area (Å²) in [5.74, 6) is 0.774. The molecule has 2 rings (SSSR count). The van der Waals surface area contributed by atoms with Crippen molar-refractivity contribution in [3.05, 3.63) is 16.3 Å². The van der Waals surface area contributed by atoms with Crippen LogP contribution in [0.4, 0.5) is 0 Å². The third-order valence-corrected chi connectivity index (χ3v) is 4.71. The molecule has 106 valence electrons. The van der Waals surface area contributed by atoms with Crippen molar-refractivity contribution in [1.29, 1.82) is 0 Å². The van der Waals surface area contributed by atoms with Crippen LogP contribution in [0.15, 0.2) is 11.4 Å². The fourth-order valence-electron chi connectivity index (χ4n) is 2.73. The minimum Gasteiger partial charge on any atom is -0.495 e. The Balaban J connectivity index is 2.11. The first kappa shape index (κ1) is 14.3. The molecule has 2 N–H and O–H groups in total. The summed E-state index contributed by atoms with van der Waals surface area (Å²) in [6.07, 6.45) is 4.04. The third-order valence-electron chi connectivity index (χ3n) is 3.83. The van der Waals surface area contributed by atoms with E-state index >= 15 is 0 Å². The van der Waals surface area contributed by atoms with Crippen LogP contribution in [0.1, 0.15) is 42.3 Å². The number of amides is 1. The number of methoxy groups -OCH3 is 1.